The van der Waals surface area contributed by atoms with Crippen LogP contribution in [0.15, 0.2) is 6.20 Å². The molecule has 3 heterocycles. The van der Waals surface area contributed by atoms with Gasteiger partial charge in [0.15, 0.2) is 0 Å². The lowest BCUT2D eigenvalue weighted by Gasteiger charge is -2.32. The van der Waals surface area contributed by atoms with Crippen molar-refractivity contribution < 1.29 is 14.0 Å². The SMILES string of the molecule is Cc1cnn(C2CCCCO2)c1B1OC(C)(C)C(C)(C)O1. The lowest BCUT2D eigenvalue weighted by Crippen LogP contribution is -2.43. The lowest BCUT2D eigenvalue weighted by molar-refractivity contribution is -0.0380. The molecular formula is C15H25BN2O3. The van der Waals surface area contributed by atoms with Gasteiger partial charge in [-0.25, -0.2) is 4.68 Å². The molecule has 1 aromatic heterocycles. The molecule has 0 bridgehead atoms. The van der Waals surface area contributed by atoms with Crippen LogP contribution in [0.4, 0.5) is 0 Å². The van der Waals surface area contributed by atoms with Crippen molar-refractivity contribution in [1.82, 2.24) is 9.78 Å². The van der Waals surface area contributed by atoms with Crippen molar-refractivity contribution in [3.05, 3.63) is 11.8 Å². The van der Waals surface area contributed by atoms with Gasteiger partial charge in [0.2, 0.25) is 0 Å². The number of hydrogen-bond acceptors (Lipinski definition) is 4. The molecule has 0 saturated carbocycles. The van der Waals surface area contributed by atoms with Crippen LogP contribution in [0.1, 0.15) is 58.7 Å². The largest absolute Gasteiger partial charge is 0.514 e. The first-order chi connectivity index (χ1) is 9.82. The Morgan fingerprint density at radius 1 is 1.19 bits per heavy atom. The molecule has 21 heavy (non-hydrogen) atoms. The molecule has 3 rings (SSSR count). The number of hydrogen-bond donors (Lipinski definition) is 0. The molecule has 2 saturated heterocycles. The summed E-state index contributed by atoms with van der Waals surface area (Å²) in [5, 5.41) is 4.51. The topological polar surface area (TPSA) is 45.5 Å². The Hall–Kier alpha value is -0.845. The van der Waals surface area contributed by atoms with E-state index in [2.05, 4.69) is 32.8 Å². The quantitative estimate of drug-likeness (QED) is 0.784. The molecule has 2 aliphatic rings. The van der Waals surface area contributed by atoms with Crippen LogP contribution in [-0.2, 0) is 14.0 Å². The van der Waals surface area contributed by atoms with Crippen LogP contribution in [0.25, 0.3) is 0 Å². The Morgan fingerprint density at radius 2 is 1.86 bits per heavy atom. The highest BCUT2D eigenvalue weighted by atomic mass is 16.7. The number of rotatable bonds is 2. The smallest absolute Gasteiger partial charge is 0.398 e. The number of aromatic nitrogens is 2. The molecule has 0 radical (unpaired) electrons. The minimum Gasteiger partial charge on any atom is -0.398 e. The van der Waals surface area contributed by atoms with Crippen molar-refractivity contribution in [2.45, 2.75) is 71.3 Å². The standard InChI is InChI=1S/C15H25BN2O3/c1-11-10-17-18(12-8-6-7-9-19-12)13(11)16-20-14(2,3)15(4,5)21-16/h10,12H,6-9H2,1-5H3. The van der Waals surface area contributed by atoms with Crippen molar-refractivity contribution in [2.75, 3.05) is 6.61 Å². The van der Waals surface area contributed by atoms with Gasteiger partial charge in [-0.2, -0.15) is 5.10 Å². The van der Waals surface area contributed by atoms with Crippen LogP contribution in [0.2, 0.25) is 0 Å². The normalized spacial score (nSPS) is 28.0. The average molecular weight is 292 g/mol. The molecule has 2 aliphatic heterocycles. The molecule has 1 unspecified atom stereocenters. The maximum Gasteiger partial charge on any atom is 0.514 e. The molecular weight excluding hydrogens is 267 g/mol. The van der Waals surface area contributed by atoms with Crippen LogP contribution in [-0.4, -0.2) is 34.7 Å². The van der Waals surface area contributed by atoms with Crippen molar-refractivity contribution >= 4 is 12.7 Å². The van der Waals surface area contributed by atoms with E-state index in [-0.39, 0.29) is 24.5 Å². The summed E-state index contributed by atoms with van der Waals surface area (Å²) in [5.41, 5.74) is 1.39. The van der Waals surface area contributed by atoms with Crippen molar-refractivity contribution in [1.29, 1.82) is 0 Å². The Balaban J connectivity index is 1.91. The van der Waals surface area contributed by atoms with Gasteiger partial charge in [0.25, 0.3) is 0 Å². The van der Waals surface area contributed by atoms with Gasteiger partial charge in [-0.1, -0.05) is 0 Å². The average Bonchev–Trinajstić information content (AvgIpc) is 2.89. The van der Waals surface area contributed by atoms with Crippen molar-refractivity contribution in [3.8, 4) is 0 Å². The van der Waals surface area contributed by atoms with E-state index < -0.39 is 0 Å². The van der Waals surface area contributed by atoms with Crippen LogP contribution in [0, 0.1) is 6.92 Å². The first-order valence-electron chi connectivity index (χ1n) is 7.83. The fourth-order valence-electron chi connectivity index (χ4n) is 2.85. The monoisotopic (exact) mass is 292 g/mol. The van der Waals surface area contributed by atoms with Crippen LogP contribution in [0.5, 0.6) is 0 Å². The van der Waals surface area contributed by atoms with Gasteiger partial charge in [0, 0.05) is 6.61 Å². The Kier molecular flexibility index (Phi) is 3.67. The van der Waals surface area contributed by atoms with Crippen molar-refractivity contribution in [3.63, 3.8) is 0 Å². The summed E-state index contributed by atoms with van der Waals surface area (Å²) in [6.45, 7) is 11.1. The summed E-state index contributed by atoms with van der Waals surface area (Å²) < 4.78 is 20.2. The van der Waals surface area contributed by atoms with E-state index in [0.29, 0.717) is 0 Å². The van der Waals surface area contributed by atoms with E-state index in [1.165, 1.54) is 6.42 Å². The van der Waals surface area contributed by atoms with Gasteiger partial charge < -0.3 is 14.0 Å². The van der Waals surface area contributed by atoms with Gasteiger partial charge in [-0.05, 0) is 59.4 Å². The van der Waals surface area contributed by atoms with Gasteiger partial charge in [-0.3, -0.25) is 0 Å². The van der Waals surface area contributed by atoms with E-state index in [9.17, 15) is 0 Å². The second-order valence-electron chi connectivity index (χ2n) is 7.07. The van der Waals surface area contributed by atoms with E-state index in [4.69, 9.17) is 14.0 Å². The number of aryl methyl sites for hydroxylation is 1. The molecule has 116 valence electrons. The van der Waals surface area contributed by atoms with Crippen LogP contribution in [0.3, 0.4) is 0 Å². The maximum atomic E-state index is 6.18. The first kappa shape index (κ1) is 15.1. The van der Waals surface area contributed by atoms with E-state index in [1.807, 2.05) is 17.8 Å². The predicted molar refractivity (Wildman–Crippen MR) is 81.5 cm³/mol. The predicted octanol–water partition coefficient (Wildman–Crippen LogP) is 2.19. The molecule has 0 aliphatic carbocycles. The van der Waals surface area contributed by atoms with E-state index in [0.717, 1.165) is 30.6 Å². The van der Waals surface area contributed by atoms with Gasteiger partial charge >= 0.3 is 7.12 Å². The fraction of sp³-hybridized carbons (Fsp3) is 0.800. The highest BCUT2D eigenvalue weighted by molar-refractivity contribution is 6.61. The molecule has 2 fully saturated rings. The Bertz CT molecular complexity index is 505. The zero-order chi connectivity index (χ0) is 15.3. The molecule has 1 aromatic rings. The van der Waals surface area contributed by atoms with Crippen molar-refractivity contribution in [2.24, 2.45) is 0 Å². The number of ether oxygens (including phenoxy) is 1. The van der Waals surface area contributed by atoms with Gasteiger partial charge in [0.05, 0.1) is 23.0 Å². The molecule has 1 atom stereocenters. The molecule has 6 heteroatoms. The summed E-state index contributed by atoms with van der Waals surface area (Å²) in [4.78, 5) is 0. The first-order valence-corrected chi connectivity index (χ1v) is 7.83. The fourth-order valence-corrected chi connectivity index (χ4v) is 2.85. The summed E-state index contributed by atoms with van der Waals surface area (Å²) in [6.07, 6.45) is 5.17. The van der Waals surface area contributed by atoms with Crippen LogP contribution < -0.4 is 5.59 Å². The highest BCUT2D eigenvalue weighted by Crippen LogP contribution is 2.37. The molecule has 0 aromatic carbocycles. The van der Waals surface area contributed by atoms with Gasteiger partial charge in [0.1, 0.15) is 6.23 Å². The third kappa shape index (κ3) is 2.54. The van der Waals surface area contributed by atoms with Gasteiger partial charge in [-0.15, -0.1) is 0 Å². The molecule has 0 N–H and O–H groups in total. The second kappa shape index (κ2) is 5.11. The Labute approximate surface area is 127 Å². The third-order valence-electron chi connectivity index (χ3n) is 4.93. The number of nitrogens with zero attached hydrogens (tertiary/aromatic N) is 2. The summed E-state index contributed by atoms with van der Waals surface area (Å²) in [6, 6.07) is 0. The van der Waals surface area contributed by atoms with E-state index >= 15 is 0 Å². The lowest BCUT2D eigenvalue weighted by atomic mass is 9.82. The highest BCUT2D eigenvalue weighted by Gasteiger charge is 2.53. The van der Waals surface area contributed by atoms with Crippen LogP contribution >= 0.6 is 0 Å². The Morgan fingerprint density at radius 3 is 2.43 bits per heavy atom. The zero-order valence-corrected chi connectivity index (χ0v) is 13.7. The third-order valence-corrected chi connectivity index (χ3v) is 4.93. The molecule has 5 nitrogen and oxygen atoms in total. The second-order valence-corrected chi connectivity index (χ2v) is 7.07. The summed E-state index contributed by atoms with van der Waals surface area (Å²) in [5.74, 6) is 0. The summed E-state index contributed by atoms with van der Waals surface area (Å²) >= 11 is 0. The minimum atomic E-state index is -0.386. The minimum absolute atomic E-state index is 0.00137. The summed E-state index contributed by atoms with van der Waals surface area (Å²) in [7, 11) is -0.386. The maximum absolute atomic E-state index is 6.18. The van der Waals surface area contributed by atoms with E-state index in [1.54, 1.807) is 0 Å². The zero-order valence-electron chi connectivity index (χ0n) is 13.7. The molecule has 0 spiro atoms. The molecule has 0 amide bonds.